The summed E-state index contributed by atoms with van der Waals surface area (Å²) in [5.74, 6) is -0.195. The zero-order chi connectivity index (χ0) is 28.8. The lowest BCUT2D eigenvalue weighted by Crippen LogP contribution is -2.40. The molecular weight excluding hydrogens is 520 g/mol. The minimum atomic E-state index is -2.02. The Morgan fingerprint density at radius 1 is 1.30 bits per heavy atom. The van der Waals surface area contributed by atoms with Crippen LogP contribution in [0.25, 0.3) is 21.9 Å². The molecule has 3 aromatic rings. The highest BCUT2D eigenvalue weighted by Gasteiger charge is 2.43. The summed E-state index contributed by atoms with van der Waals surface area (Å²) in [5, 5.41) is 18.7. The van der Waals surface area contributed by atoms with E-state index in [-0.39, 0.29) is 29.0 Å². The number of pyridine rings is 1. The summed E-state index contributed by atoms with van der Waals surface area (Å²) in [6.07, 6.45) is 5.28. The molecule has 3 heterocycles. The Kier molecular flexibility index (Phi) is 7.50. The third-order valence-electron chi connectivity index (χ3n) is 8.73. The van der Waals surface area contributed by atoms with Crippen LogP contribution < -0.4 is 11.1 Å². The van der Waals surface area contributed by atoms with Crippen molar-refractivity contribution in [1.82, 2.24) is 14.8 Å². The van der Waals surface area contributed by atoms with Gasteiger partial charge in [-0.15, -0.1) is 0 Å². The fourth-order valence-electron chi connectivity index (χ4n) is 5.06. The van der Waals surface area contributed by atoms with Gasteiger partial charge in [-0.05, 0) is 79.9 Å². The molecule has 212 valence electrons. The molecule has 5 rings (SSSR count). The maximum absolute atomic E-state index is 12.5. The van der Waals surface area contributed by atoms with Crippen LogP contribution >= 0.6 is 0 Å². The zero-order valence-corrected chi connectivity index (χ0v) is 25.4. The normalized spacial score (nSPS) is 21.3. The van der Waals surface area contributed by atoms with Gasteiger partial charge in [0.1, 0.15) is 12.0 Å². The first-order valence-electron chi connectivity index (χ1n) is 14.1. The summed E-state index contributed by atoms with van der Waals surface area (Å²) in [6, 6.07) is 8.04. The molecule has 1 saturated heterocycles. The highest BCUT2D eigenvalue weighted by molar-refractivity contribution is 6.74. The first-order valence-corrected chi connectivity index (χ1v) is 17.0. The van der Waals surface area contributed by atoms with Crippen molar-refractivity contribution in [3.8, 4) is 17.2 Å². The first kappa shape index (κ1) is 28.3. The number of benzene rings is 1. The number of nitrogens with one attached hydrogen (secondary N) is 1. The van der Waals surface area contributed by atoms with Gasteiger partial charge in [0.25, 0.3) is 0 Å². The lowest BCUT2D eigenvalue weighted by Gasteiger charge is -2.36. The van der Waals surface area contributed by atoms with Crippen molar-refractivity contribution in [2.24, 2.45) is 11.8 Å². The molecule has 1 amide bonds. The monoisotopic (exact) mass is 560 g/mol. The molecule has 0 spiro atoms. The number of carbonyl (C=O) groups excluding carboxylic acids is 1. The van der Waals surface area contributed by atoms with Crippen molar-refractivity contribution in [2.45, 2.75) is 84.3 Å². The summed E-state index contributed by atoms with van der Waals surface area (Å²) >= 11 is 0. The smallest absolute Gasteiger partial charge is 0.230 e. The summed E-state index contributed by atoms with van der Waals surface area (Å²) in [4.78, 5) is 16.9. The van der Waals surface area contributed by atoms with Gasteiger partial charge in [-0.1, -0.05) is 20.8 Å². The van der Waals surface area contributed by atoms with E-state index in [1.54, 1.807) is 6.20 Å². The van der Waals surface area contributed by atoms with Gasteiger partial charge in [0, 0.05) is 35.1 Å². The molecule has 1 aliphatic carbocycles. The van der Waals surface area contributed by atoms with E-state index in [2.05, 4.69) is 63.2 Å². The van der Waals surface area contributed by atoms with E-state index >= 15 is 0 Å². The Bertz CT molecular complexity index is 1480. The second-order valence-electron chi connectivity index (χ2n) is 12.6. The molecule has 40 heavy (non-hydrogen) atoms. The van der Waals surface area contributed by atoms with Gasteiger partial charge < -0.3 is 20.2 Å². The highest BCUT2D eigenvalue weighted by Crippen LogP contribution is 2.41. The van der Waals surface area contributed by atoms with Gasteiger partial charge in [0.2, 0.25) is 5.91 Å². The van der Waals surface area contributed by atoms with Crippen LogP contribution in [-0.2, 0) is 20.6 Å². The number of hydrogen-bond donors (Lipinski definition) is 2. The number of nitrogens with zero attached hydrogens (tertiary/aromatic N) is 4. The van der Waals surface area contributed by atoms with Crippen molar-refractivity contribution in [3.05, 3.63) is 35.8 Å². The van der Waals surface area contributed by atoms with Crippen molar-refractivity contribution in [2.75, 3.05) is 17.7 Å². The lowest BCUT2D eigenvalue weighted by atomic mass is 9.99. The summed E-state index contributed by atoms with van der Waals surface area (Å²) in [7, 11) is -2.02. The minimum Gasteiger partial charge on any atom is -0.411 e. The molecule has 9 nitrogen and oxygen atoms in total. The number of nitriles is 1. The van der Waals surface area contributed by atoms with Crippen LogP contribution in [0.3, 0.4) is 0 Å². The highest BCUT2D eigenvalue weighted by atomic mass is 28.4. The fraction of sp³-hybridized carbons (Fsp3) is 0.533. The van der Waals surface area contributed by atoms with E-state index in [9.17, 15) is 4.79 Å². The van der Waals surface area contributed by atoms with Crippen molar-refractivity contribution < 1.29 is 14.0 Å². The Morgan fingerprint density at radius 2 is 2.08 bits per heavy atom. The SMILES string of the molecule is Cc1c(-c2cc(N)c3cnc(NC(=O)[C@@H]4C[C@H]4C#N)cc3c2)c(CO[Si](C)(C)C(C)(C)C)nn1C1CCCCO1. The third kappa shape index (κ3) is 5.51. The fourth-order valence-corrected chi connectivity index (χ4v) is 5.99. The van der Waals surface area contributed by atoms with Gasteiger partial charge in [-0.3, -0.25) is 4.79 Å². The largest absolute Gasteiger partial charge is 0.411 e. The van der Waals surface area contributed by atoms with Crippen LogP contribution in [-0.4, -0.2) is 35.6 Å². The standard InChI is InChI=1S/C30H40N6O3Si/c1-18-28(25(17-39-40(5,6)30(2,3)4)35-36(18)27-9-7-8-10-38-27)20-11-19-14-26(33-16-23(19)24(32)13-20)34-29(37)22-12-21(22)15-31/h11,13-14,16,21-22,27H,7-10,12,17,32H2,1-6H3,(H,33,34,37)/t21-,22+,27?/m0/s1. The Balaban J connectivity index is 1.53. The lowest BCUT2D eigenvalue weighted by molar-refractivity contribution is -0.117. The van der Waals surface area contributed by atoms with E-state index < -0.39 is 8.32 Å². The Morgan fingerprint density at radius 3 is 2.73 bits per heavy atom. The second kappa shape index (κ2) is 10.6. The first-order chi connectivity index (χ1) is 18.9. The molecule has 2 aliphatic rings. The van der Waals surface area contributed by atoms with Crippen LogP contribution in [0.1, 0.15) is 64.1 Å². The number of ether oxygens (including phenoxy) is 1. The molecule has 0 radical (unpaired) electrons. The van der Waals surface area contributed by atoms with Gasteiger partial charge in [-0.25, -0.2) is 9.67 Å². The van der Waals surface area contributed by atoms with E-state index in [4.69, 9.17) is 25.3 Å². The topological polar surface area (TPSA) is 128 Å². The number of nitrogen functional groups attached to an aromatic ring is 1. The minimum absolute atomic E-state index is 0.0756. The van der Waals surface area contributed by atoms with E-state index in [0.717, 1.165) is 59.2 Å². The molecule has 1 aliphatic heterocycles. The van der Waals surface area contributed by atoms with Crippen LogP contribution in [0.2, 0.25) is 18.1 Å². The van der Waals surface area contributed by atoms with Crippen molar-refractivity contribution in [3.63, 3.8) is 0 Å². The average Bonchev–Trinajstić information content (AvgIpc) is 3.63. The number of nitrogens with two attached hydrogens (primary N) is 1. The molecule has 2 aromatic heterocycles. The van der Waals surface area contributed by atoms with E-state index in [1.807, 2.05) is 16.8 Å². The van der Waals surface area contributed by atoms with Crippen molar-refractivity contribution >= 4 is 36.5 Å². The summed E-state index contributed by atoms with van der Waals surface area (Å²) in [5.41, 5.74) is 11.0. The predicted molar refractivity (Wildman–Crippen MR) is 159 cm³/mol. The number of aromatic nitrogens is 3. The average molecular weight is 561 g/mol. The van der Waals surface area contributed by atoms with E-state index in [0.29, 0.717) is 24.5 Å². The van der Waals surface area contributed by atoms with E-state index in [1.165, 1.54) is 0 Å². The molecule has 1 saturated carbocycles. The number of hydrogen-bond acceptors (Lipinski definition) is 7. The summed E-state index contributed by atoms with van der Waals surface area (Å²) in [6.45, 7) is 14.4. The van der Waals surface area contributed by atoms with Crippen molar-refractivity contribution in [1.29, 1.82) is 5.26 Å². The zero-order valence-electron chi connectivity index (χ0n) is 24.4. The molecule has 10 heteroatoms. The van der Waals surface area contributed by atoms with Gasteiger partial charge >= 0.3 is 0 Å². The molecule has 1 unspecified atom stereocenters. The number of fused-ring (bicyclic) bond motifs is 1. The van der Waals surface area contributed by atoms with Gasteiger partial charge in [0.05, 0.1) is 30.2 Å². The predicted octanol–water partition coefficient (Wildman–Crippen LogP) is 6.31. The maximum atomic E-state index is 12.5. The molecular formula is C30H40N6O3Si. The molecule has 3 atom stereocenters. The third-order valence-corrected chi connectivity index (χ3v) is 13.2. The Labute approximate surface area is 237 Å². The quantitative estimate of drug-likeness (QED) is 0.256. The van der Waals surface area contributed by atoms with Crippen LogP contribution in [0.5, 0.6) is 0 Å². The van der Waals surface area contributed by atoms with Crippen LogP contribution in [0.4, 0.5) is 11.5 Å². The molecule has 2 fully saturated rings. The van der Waals surface area contributed by atoms with Crippen LogP contribution in [0, 0.1) is 30.1 Å². The summed E-state index contributed by atoms with van der Waals surface area (Å²) < 4.78 is 14.8. The number of carbonyl (C=O) groups is 1. The number of amides is 1. The molecule has 0 bridgehead atoms. The molecule has 1 aromatic carbocycles. The van der Waals surface area contributed by atoms with Gasteiger partial charge in [-0.2, -0.15) is 10.4 Å². The maximum Gasteiger partial charge on any atom is 0.230 e. The van der Waals surface area contributed by atoms with Gasteiger partial charge in [0.15, 0.2) is 8.32 Å². The number of anilines is 2. The second-order valence-corrected chi connectivity index (χ2v) is 17.5. The molecule has 3 N–H and O–H groups in total. The Hall–Kier alpha value is -3.26. The number of rotatable bonds is 7. The van der Waals surface area contributed by atoms with Crippen LogP contribution in [0.15, 0.2) is 24.4 Å².